The second-order valence-corrected chi connectivity index (χ2v) is 4.61. The van der Waals surface area contributed by atoms with Gasteiger partial charge in [-0.2, -0.15) is 0 Å². The minimum atomic E-state index is -0.923. The van der Waals surface area contributed by atoms with Crippen LogP contribution in [-0.2, 0) is 0 Å². The Morgan fingerprint density at radius 1 is 1.50 bits per heavy atom. The van der Waals surface area contributed by atoms with Crippen molar-refractivity contribution < 1.29 is 9.90 Å². The highest BCUT2D eigenvalue weighted by molar-refractivity contribution is 6.31. The Hall–Kier alpha value is -1.22. The normalized spacial score (nSPS) is 15.6. The van der Waals surface area contributed by atoms with Crippen LogP contribution in [0.5, 0.6) is 0 Å². The smallest absolute Gasteiger partial charge is 0.337 e. The Morgan fingerprint density at radius 2 is 2.25 bits per heavy atom. The Morgan fingerprint density at radius 3 is 2.81 bits per heavy atom. The lowest BCUT2D eigenvalue weighted by molar-refractivity contribution is 0.0698. The highest BCUT2D eigenvalue weighted by atomic mass is 35.5. The van der Waals surface area contributed by atoms with Gasteiger partial charge in [0.1, 0.15) is 0 Å². The molecule has 1 aliphatic rings. The van der Waals surface area contributed by atoms with Crippen molar-refractivity contribution in [1.29, 1.82) is 0 Å². The fourth-order valence-corrected chi connectivity index (χ4v) is 1.97. The Bertz CT molecular complexity index is 402. The average Bonchev–Trinajstić information content (AvgIpc) is 2.14. The molecule has 0 saturated heterocycles. The third-order valence-electron chi connectivity index (χ3n) is 3.02. The second kappa shape index (κ2) is 4.74. The summed E-state index contributed by atoms with van der Waals surface area (Å²) in [5.41, 5.74) is 0.899. The molecule has 1 saturated carbocycles. The number of aromatic carboxylic acids is 1. The number of rotatable bonds is 4. The van der Waals surface area contributed by atoms with E-state index < -0.39 is 5.97 Å². The van der Waals surface area contributed by atoms with Crippen LogP contribution >= 0.6 is 11.6 Å². The number of nitrogens with one attached hydrogen (secondary N) is 1. The van der Waals surface area contributed by atoms with Crippen molar-refractivity contribution in [3.05, 3.63) is 28.8 Å². The molecule has 0 aromatic heterocycles. The number of carboxylic acid groups (broad SMARTS) is 1. The molecule has 0 radical (unpaired) electrons. The Balaban J connectivity index is 2.09. The topological polar surface area (TPSA) is 49.3 Å². The predicted molar refractivity (Wildman–Crippen MR) is 64.2 cm³/mol. The van der Waals surface area contributed by atoms with E-state index in [9.17, 15) is 4.79 Å². The van der Waals surface area contributed by atoms with E-state index in [1.165, 1.54) is 25.3 Å². The monoisotopic (exact) mass is 239 g/mol. The van der Waals surface area contributed by atoms with Crippen molar-refractivity contribution in [3.8, 4) is 0 Å². The first-order chi connectivity index (χ1) is 7.66. The van der Waals surface area contributed by atoms with Crippen molar-refractivity contribution in [2.45, 2.75) is 19.3 Å². The van der Waals surface area contributed by atoms with Gasteiger partial charge in [-0.05, 0) is 37.0 Å². The summed E-state index contributed by atoms with van der Waals surface area (Å²) in [6, 6.07) is 4.80. The summed E-state index contributed by atoms with van der Waals surface area (Å²) in [6.07, 6.45) is 3.75. The molecule has 16 heavy (non-hydrogen) atoms. The third kappa shape index (κ3) is 2.47. The van der Waals surface area contributed by atoms with Gasteiger partial charge in [0.25, 0.3) is 0 Å². The van der Waals surface area contributed by atoms with Crippen LogP contribution in [0.2, 0.25) is 5.02 Å². The van der Waals surface area contributed by atoms with Gasteiger partial charge in [0, 0.05) is 11.6 Å². The van der Waals surface area contributed by atoms with Crippen LogP contribution in [0, 0.1) is 5.92 Å². The molecule has 0 unspecified atom stereocenters. The van der Waals surface area contributed by atoms with Gasteiger partial charge < -0.3 is 10.4 Å². The second-order valence-electron chi connectivity index (χ2n) is 4.17. The molecule has 0 heterocycles. The average molecular weight is 240 g/mol. The molecule has 0 aliphatic heterocycles. The number of benzene rings is 1. The number of halogens is 1. The molecular formula is C12H14ClNO2. The van der Waals surface area contributed by atoms with Crippen molar-refractivity contribution >= 4 is 23.3 Å². The van der Waals surface area contributed by atoms with Gasteiger partial charge in [-0.25, -0.2) is 4.79 Å². The first kappa shape index (κ1) is 11.3. The summed E-state index contributed by atoms with van der Waals surface area (Å²) < 4.78 is 0. The first-order valence-corrected chi connectivity index (χ1v) is 5.81. The van der Waals surface area contributed by atoms with E-state index in [-0.39, 0.29) is 5.56 Å². The van der Waals surface area contributed by atoms with Crippen molar-refractivity contribution in [1.82, 2.24) is 0 Å². The first-order valence-electron chi connectivity index (χ1n) is 5.43. The van der Waals surface area contributed by atoms with Gasteiger partial charge in [0.15, 0.2) is 0 Å². The minimum absolute atomic E-state index is 0.281. The highest BCUT2D eigenvalue weighted by Crippen LogP contribution is 2.28. The predicted octanol–water partition coefficient (Wildman–Crippen LogP) is 3.25. The zero-order valence-corrected chi connectivity index (χ0v) is 9.63. The zero-order valence-electron chi connectivity index (χ0n) is 8.87. The fourth-order valence-electron chi connectivity index (χ4n) is 1.80. The summed E-state index contributed by atoms with van der Waals surface area (Å²) in [6.45, 7) is 0.834. The molecule has 4 heteroatoms. The van der Waals surface area contributed by atoms with Crippen molar-refractivity contribution in [3.63, 3.8) is 0 Å². The quantitative estimate of drug-likeness (QED) is 0.848. The van der Waals surface area contributed by atoms with E-state index in [2.05, 4.69) is 5.32 Å². The van der Waals surface area contributed by atoms with Crippen molar-refractivity contribution in [2.75, 3.05) is 11.9 Å². The van der Waals surface area contributed by atoms with Crippen LogP contribution < -0.4 is 5.32 Å². The van der Waals surface area contributed by atoms with Crippen molar-refractivity contribution in [2.24, 2.45) is 5.92 Å². The van der Waals surface area contributed by atoms with E-state index in [1.54, 1.807) is 12.1 Å². The third-order valence-corrected chi connectivity index (χ3v) is 3.25. The van der Waals surface area contributed by atoms with Crippen LogP contribution in [0.1, 0.15) is 29.6 Å². The zero-order chi connectivity index (χ0) is 11.5. The van der Waals surface area contributed by atoms with Crippen LogP contribution in [-0.4, -0.2) is 17.6 Å². The maximum atomic E-state index is 11.0. The highest BCUT2D eigenvalue weighted by Gasteiger charge is 2.18. The molecule has 3 nitrogen and oxygen atoms in total. The fraction of sp³-hybridized carbons (Fsp3) is 0.417. The number of carboxylic acids is 1. The van der Waals surface area contributed by atoms with Gasteiger partial charge in [0.2, 0.25) is 0 Å². The maximum absolute atomic E-state index is 11.0. The number of anilines is 1. The summed E-state index contributed by atoms with van der Waals surface area (Å²) in [7, 11) is 0. The lowest BCUT2D eigenvalue weighted by atomic mass is 9.85. The molecule has 0 bridgehead atoms. The lowest BCUT2D eigenvalue weighted by Crippen LogP contribution is -2.21. The maximum Gasteiger partial charge on any atom is 0.337 e. The molecule has 0 atom stereocenters. The molecule has 0 amide bonds. The van der Waals surface area contributed by atoms with E-state index in [0.717, 1.165) is 6.54 Å². The van der Waals surface area contributed by atoms with Crippen LogP contribution in [0.3, 0.4) is 0 Å². The minimum Gasteiger partial charge on any atom is -0.478 e. The van der Waals surface area contributed by atoms with Crippen LogP contribution in [0.25, 0.3) is 0 Å². The Kier molecular flexibility index (Phi) is 3.34. The molecule has 86 valence electrons. The van der Waals surface area contributed by atoms with E-state index in [0.29, 0.717) is 16.6 Å². The molecule has 1 aromatic rings. The Labute approximate surface area is 99.4 Å². The van der Waals surface area contributed by atoms with Gasteiger partial charge in [-0.3, -0.25) is 0 Å². The molecular weight excluding hydrogens is 226 g/mol. The number of hydrogen-bond acceptors (Lipinski definition) is 2. The van der Waals surface area contributed by atoms with E-state index in [1.807, 2.05) is 0 Å². The van der Waals surface area contributed by atoms with Gasteiger partial charge in [-0.1, -0.05) is 18.0 Å². The summed E-state index contributed by atoms with van der Waals surface area (Å²) >= 11 is 5.85. The standard InChI is InChI=1S/C12H14ClNO2/c13-9-4-5-10(12(15)16)11(6-9)14-7-8-2-1-3-8/h4-6,8,14H,1-3,7H2,(H,15,16). The number of hydrogen-bond donors (Lipinski definition) is 2. The molecule has 0 spiro atoms. The lowest BCUT2D eigenvalue weighted by Gasteiger charge is -2.26. The largest absolute Gasteiger partial charge is 0.478 e. The van der Waals surface area contributed by atoms with Gasteiger partial charge in [0.05, 0.1) is 11.3 Å². The van der Waals surface area contributed by atoms with Crippen LogP contribution in [0.15, 0.2) is 18.2 Å². The SMILES string of the molecule is O=C(O)c1ccc(Cl)cc1NCC1CCC1. The number of carbonyl (C=O) groups is 1. The summed E-state index contributed by atoms with van der Waals surface area (Å²) in [4.78, 5) is 11.0. The van der Waals surface area contributed by atoms with E-state index in [4.69, 9.17) is 16.7 Å². The van der Waals surface area contributed by atoms with Crippen LogP contribution in [0.4, 0.5) is 5.69 Å². The molecule has 1 fully saturated rings. The molecule has 2 N–H and O–H groups in total. The van der Waals surface area contributed by atoms with Gasteiger partial charge in [-0.15, -0.1) is 0 Å². The summed E-state index contributed by atoms with van der Waals surface area (Å²) in [5, 5.41) is 12.7. The summed E-state index contributed by atoms with van der Waals surface area (Å²) in [5.74, 6) is -0.242. The van der Waals surface area contributed by atoms with E-state index >= 15 is 0 Å². The molecule has 1 aliphatic carbocycles. The molecule has 1 aromatic carbocycles. The molecule has 2 rings (SSSR count). The van der Waals surface area contributed by atoms with Gasteiger partial charge >= 0.3 is 5.97 Å².